The average molecular weight is 290 g/mol. The number of carbonyl (C=O) groups excluding carboxylic acids is 2. The largest absolute Gasteiger partial charge is 0.481 e. The van der Waals surface area contributed by atoms with Crippen LogP contribution in [0.25, 0.3) is 0 Å². The fourth-order valence-electron chi connectivity index (χ4n) is 1.21. The first kappa shape index (κ1) is 18.0. The summed E-state index contributed by atoms with van der Waals surface area (Å²) in [5, 5.41) is 16.2. The molecular weight excluding hydrogens is 268 g/mol. The molecule has 0 fully saturated rings. The van der Waals surface area contributed by atoms with Gasteiger partial charge in [0.15, 0.2) is 0 Å². The van der Waals surface area contributed by atoms with Crippen LogP contribution in [-0.2, 0) is 9.53 Å². The molecule has 0 aromatic rings. The van der Waals surface area contributed by atoms with Gasteiger partial charge in [-0.05, 0) is 0 Å². The number of hydrogen-bond acceptors (Lipinski definition) is 4. The van der Waals surface area contributed by atoms with Gasteiger partial charge in [-0.25, -0.2) is 9.59 Å². The summed E-state index contributed by atoms with van der Waals surface area (Å²) in [7, 11) is 4.61. The average Bonchev–Trinajstić information content (AvgIpc) is 2.38. The molecule has 4 amide bonds. The second-order valence-electron chi connectivity index (χ2n) is 4.22. The van der Waals surface area contributed by atoms with Crippen molar-refractivity contribution in [2.75, 3.05) is 40.8 Å². The first-order valence-corrected chi connectivity index (χ1v) is 6.08. The van der Waals surface area contributed by atoms with Gasteiger partial charge in [0.25, 0.3) is 0 Å². The molecule has 4 N–H and O–H groups in total. The van der Waals surface area contributed by atoms with Crippen LogP contribution >= 0.6 is 0 Å². The van der Waals surface area contributed by atoms with E-state index in [2.05, 4.69) is 16.0 Å². The van der Waals surface area contributed by atoms with Crippen molar-refractivity contribution < 1.29 is 24.2 Å². The molecule has 1 atom stereocenters. The lowest BCUT2D eigenvalue weighted by molar-refractivity contribution is -0.139. The molecule has 0 spiro atoms. The Hall–Kier alpha value is -2.03. The van der Waals surface area contributed by atoms with Crippen LogP contribution in [0.15, 0.2) is 0 Å². The standard InChI is InChI=1S/C11H22N4O5/c1-15(2)11(19)13-5-4-12-10(18)14-7-8(20-3)6-9(16)17/h8H,4-7H2,1-3H3,(H,13,19)(H,16,17)(H2,12,14,18). The third-order valence-electron chi connectivity index (χ3n) is 2.32. The Morgan fingerprint density at radius 1 is 1.15 bits per heavy atom. The molecule has 0 aliphatic carbocycles. The number of nitrogens with zero attached hydrogens (tertiary/aromatic N) is 1. The minimum Gasteiger partial charge on any atom is -0.481 e. The van der Waals surface area contributed by atoms with Crippen LogP contribution in [0.1, 0.15) is 6.42 Å². The second kappa shape index (κ2) is 9.84. The first-order chi connectivity index (χ1) is 9.36. The van der Waals surface area contributed by atoms with Crippen molar-refractivity contribution in [3.8, 4) is 0 Å². The zero-order valence-corrected chi connectivity index (χ0v) is 11.9. The Balaban J connectivity index is 3.73. The van der Waals surface area contributed by atoms with E-state index < -0.39 is 18.1 Å². The van der Waals surface area contributed by atoms with Crippen LogP contribution < -0.4 is 16.0 Å². The third-order valence-corrected chi connectivity index (χ3v) is 2.32. The number of ether oxygens (including phenoxy) is 1. The molecular formula is C11H22N4O5. The molecule has 1 unspecified atom stereocenters. The number of amides is 4. The highest BCUT2D eigenvalue weighted by Gasteiger charge is 2.13. The number of nitrogens with one attached hydrogen (secondary N) is 3. The number of aliphatic carboxylic acids is 1. The number of hydrogen-bond donors (Lipinski definition) is 4. The van der Waals surface area contributed by atoms with E-state index in [9.17, 15) is 14.4 Å². The molecule has 0 rings (SSSR count). The predicted molar refractivity (Wildman–Crippen MR) is 71.5 cm³/mol. The topological polar surface area (TPSA) is 120 Å². The summed E-state index contributed by atoms with van der Waals surface area (Å²) in [4.78, 5) is 34.4. The maximum absolute atomic E-state index is 11.4. The van der Waals surface area contributed by atoms with E-state index in [1.165, 1.54) is 12.0 Å². The van der Waals surface area contributed by atoms with Gasteiger partial charge < -0.3 is 30.7 Å². The third kappa shape index (κ3) is 8.97. The predicted octanol–water partition coefficient (Wildman–Crippen LogP) is -0.953. The quantitative estimate of drug-likeness (QED) is 0.429. The first-order valence-electron chi connectivity index (χ1n) is 6.08. The van der Waals surface area contributed by atoms with E-state index in [4.69, 9.17) is 9.84 Å². The van der Waals surface area contributed by atoms with Crippen molar-refractivity contribution in [3.63, 3.8) is 0 Å². The lowest BCUT2D eigenvalue weighted by Crippen LogP contribution is -2.44. The fraction of sp³-hybridized carbons (Fsp3) is 0.727. The van der Waals surface area contributed by atoms with E-state index in [0.717, 1.165) is 0 Å². The van der Waals surface area contributed by atoms with E-state index >= 15 is 0 Å². The van der Waals surface area contributed by atoms with Crippen molar-refractivity contribution in [3.05, 3.63) is 0 Å². The van der Waals surface area contributed by atoms with Gasteiger partial charge in [-0.2, -0.15) is 0 Å². The maximum Gasteiger partial charge on any atom is 0.316 e. The molecule has 0 aliphatic heterocycles. The summed E-state index contributed by atoms with van der Waals surface area (Å²) in [6.45, 7) is 0.661. The molecule has 9 nitrogen and oxygen atoms in total. The highest BCUT2D eigenvalue weighted by Crippen LogP contribution is 1.94. The van der Waals surface area contributed by atoms with Gasteiger partial charge in [0.05, 0.1) is 12.5 Å². The number of urea groups is 2. The summed E-state index contributed by atoms with van der Waals surface area (Å²) < 4.78 is 4.91. The van der Waals surface area contributed by atoms with E-state index in [1.807, 2.05) is 0 Å². The minimum absolute atomic E-state index is 0.0959. The normalized spacial score (nSPS) is 11.3. The SMILES string of the molecule is COC(CNC(=O)NCCNC(=O)N(C)C)CC(=O)O. The number of carboxylic acid groups (broad SMARTS) is 1. The molecule has 0 aliphatic rings. The number of carbonyl (C=O) groups is 3. The van der Waals surface area contributed by atoms with Crippen LogP contribution in [0.4, 0.5) is 9.59 Å². The molecule has 0 aromatic carbocycles. The van der Waals surface area contributed by atoms with Gasteiger partial charge in [-0.1, -0.05) is 0 Å². The summed E-state index contributed by atoms with van der Waals surface area (Å²) >= 11 is 0. The summed E-state index contributed by atoms with van der Waals surface area (Å²) in [6, 6.07) is -0.690. The fourth-order valence-corrected chi connectivity index (χ4v) is 1.21. The smallest absolute Gasteiger partial charge is 0.316 e. The van der Waals surface area contributed by atoms with Crippen molar-refractivity contribution in [1.29, 1.82) is 0 Å². The van der Waals surface area contributed by atoms with Gasteiger partial charge in [-0.3, -0.25) is 4.79 Å². The Labute approximate surface area is 117 Å². The molecule has 20 heavy (non-hydrogen) atoms. The van der Waals surface area contributed by atoms with Crippen molar-refractivity contribution in [2.45, 2.75) is 12.5 Å². The van der Waals surface area contributed by atoms with Crippen LogP contribution in [0.5, 0.6) is 0 Å². The van der Waals surface area contributed by atoms with Gasteiger partial charge in [0.2, 0.25) is 0 Å². The zero-order chi connectivity index (χ0) is 15.5. The van der Waals surface area contributed by atoms with Crippen molar-refractivity contribution >= 4 is 18.0 Å². The minimum atomic E-state index is -0.995. The van der Waals surface area contributed by atoms with Gasteiger partial charge in [0, 0.05) is 40.8 Å². The highest BCUT2D eigenvalue weighted by molar-refractivity contribution is 5.75. The van der Waals surface area contributed by atoms with Crippen LogP contribution in [-0.4, -0.2) is 75.0 Å². The van der Waals surface area contributed by atoms with Gasteiger partial charge in [0.1, 0.15) is 0 Å². The Bertz CT molecular complexity index is 335. The number of carboxylic acids is 1. The van der Waals surface area contributed by atoms with Crippen LogP contribution in [0.2, 0.25) is 0 Å². The lowest BCUT2D eigenvalue weighted by atomic mass is 10.2. The second-order valence-corrected chi connectivity index (χ2v) is 4.22. The Morgan fingerprint density at radius 3 is 2.25 bits per heavy atom. The summed E-state index contributed by atoms with van der Waals surface area (Å²) in [6.07, 6.45) is -0.762. The molecule has 0 heterocycles. The highest BCUT2D eigenvalue weighted by atomic mass is 16.5. The maximum atomic E-state index is 11.4. The molecule has 0 aromatic heterocycles. The summed E-state index contributed by atoms with van der Waals surface area (Å²) in [5.74, 6) is -0.995. The van der Waals surface area contributed by atoms with Crippen LogP contribution in [0, 0.1) is 0 Å². The van der Waals surface area contributed by atoms with E-state index in [-0.39, 0.29) is 25.5 Å². The van der Waals surface area contributed by atoms with Gasteiger partial charge in [-0.15, -0.1) is 0 Å². The van der Waals surface area contributed by atoms with Crippen molar-refractivity contribution in [2.24, 2.45) is 0 Å². The van der Waals surface area contributed by atoms with Crippen molar-refractivity contribution in [1.82, 2.24) is 20.9 Å². The molecule has 116 valence electrons. The monoisotopic (exact) mass is 290 g/mol. The molecule has 0 saturated carbocycles. The molecule has 0 radical (unpaired) electrons. The molecule has 0 saturated heterocycles. The zero-order valence-electron chi connectivity index (χ0n) is 11.9. The number of methoxy groups -OCH3 is 1. The van der Waals surface area contributed by atoms with Gasteiger partial charge >= 0.3 is 18.0 Å². The Morgan fingerprint density at radius 2 is 1.75 bits per heavy atom. The lowest BCUT2D eigenvalue weighted by Gasteiger charge is -2.15. The summed E-state index contributed by atoms with van der Waals surface area (Å²) in [5.41, 5.74) is 0. The van der Waals surface area contributed by atoms with E-state index in [0.29, 0.717) is 6.54 Å². The molecule has 0 bridgehead atoms. The Kier molecular flexibility index (Phi) is 8.84. The van der Waals surface area contributed by atoms with E-state index in [1.54, 1.807) is 14.1 Å². The molecule has 9 heteroatoms. The van der Waals surface area contributed by atoms with Crippen LogP contribution in [0.3, 0.4) is 0 Å². The number of rotatable bonds is 8.